The average Bonchev–Trinajstić information content (AvgIpc) is 3.25. The Bertz CT molecular complexity index is 1260. The molecule has 0 aliphatic carbocycles. The molecule has 0 saturated carbocycles. The van der Waals surface area contributed by atoms with Gasteiger partial charge in [0.05, 0.1) is 40.2 Å². The molecule has 2 heterocycles. The first-order valence-corrected chi connectivity index (χ1v) is 10.6. The summed E-state index contributed by atoms with van der Waals surface area (Å²) in [4.78, 5) is 4.83. The highest BCUT2D eigenvalue weighted by molar-refractivity contribution is 5.82. The van der Waals surface area contributed by atoms with Gasteiger partial charge >= 0.3 is 0 Å². The summed E-state index contributed by atoms with van der Waals surface area (Å²) in [7, 11) is 6.42. The molecule has 4 aromatic rings. The van der Waals surface area contributed by atoms with Crippen LogP contribution in [-0.4, -0.2) is 43.0 Å². The highest BCUT2D eigenvalue weighted by Gasteiger charge is 2.17. The van der Waals surface area contributed by atoms with E-state index in [1.807, 2.05) is 36.7 Å². The van der Waals surface area contributed by atoms with Crippen LogP contribution >= 0.6 is 0 Å². The van der Waals surface area contributed by atoms with Crippen LogP contribution in [0.4, 0.5) is 11.5 Å². The SMILES string of the molecule is COc1ccc(C(C)C)cc1-c1cnn2ccc(Nc3cc(OC)c(OC)c(OC)c3)nc12.[HH]. The van der Waals surface area contributed by atoms with Gasteiger partial charge in [0.2, 0.25) is 5.75 Å². The van der Waals surface area contributed by atoms with Crippen LogP contribution in [0.2, 0.25) is 0 Å². The van der Waals surface area contributed by atoms with Crippen LogP contribution in [0, 0.1) is 0 Å². The highest BCUT2D eigenvalue weighted by Crippen LogP contribution is 2.41. The van der Waals surface area contributed by atoms with Gasteiger partial charge in [-0.3, -0.25) is 0 Å². The Morgan fingerprint density at radius 3 is 2.15 bits per heavy atom. The van der Waals surface area contributed by atoms with Crippen molar-refractivity contribution < 1.29 is 20.4 Å². The highest BCUT2D eigenvalue weighted by atomic mass is 16.5. The van der Waals surface area contributed by atoms with Crippen molar-refractivity contribution in [3.8, 4) is 34.1 Å². The largest absolute Gasteiger partial charge is 0.496 e. The first-order chi connectivity index (χ1) is 16.0. The van der Waals surface area contributed by atoms with Gasteiger partial charge in [-0.2, -0.15) is 5.10 Å². The smallest absolute Gasteiger partial charge is 0.203 e. The number of nitrogens with one attached hydrogen (secondary N) is 1. The molecular formula is C25H30N4O4. The third-order valence-electron chi connectivity index (χ3n) is 5.49. The van der Waals surface area contributed by atoms with Crippen molar-refractivity contribution in [3.05, 3.63) is 54.4 Å². The van der Waals surface area contributed by atoms with Crippen LogP contribution in [0.3, 0.4) is 0 Å². The molecule has 0 radical (unpaired) electrons. The zero-order valence-corrected chi connectivity index (χ0v) is 19.7. The van der Waals surface area contributed by atoms with E-state index in [1.165, 1.54) is 5.56 Å². The van der Waals surface area contributed by atoms with Gasteiger partial charge in [-0.1, -0.05) is 19.9 Å². The van der Waals surface area contributed by atoms with E-state index in [2.05, 4.69) is 36.4 Å². The number of benzene rings is 2. The monoisotopic (exact) mass is 450 g/mol. The molecule has 0 spiro atoms. The minimum absolute atomic E-state index is 0. The van der Waals surface area contributed by atoms with Crippen molar-refractivity contribution in [2.24, 2.45) is 0 Å². The average molecular weight is 451 g/mol. The number of fused-ring (bicyclic) bond motifs is 1. The van der Waals surface area contributed by atoms with Gasteiger partial charge < -0.3 is 24.3 Å². The molecule has 4 rings (SSSR count). The summed E-state index contributed by atoms with van der Waals surface area (Å²) in [6, 6.07) is 11.7. The van der Waals surface area contributed by atoms with Crippen molar-refractivity contribution in [2.45, 2.75) is 19.8 Å². The molecule has 0 aliphatic rings. The topological polar surface area (TPSA) is 79.1 Å². The number of methoxy groups -OCH3 is 4. The molecule has 0 bridgehead atoms. The Morgan fingerprint density at radius 2 is 1.55 bits per heavy atom. The molecule has 0 unspecified atom stereocenters. The molecule has 33 heavy (non-hydrogen) atoms. The van der Waals surface area contributed by atoms with Crippen molar-refractivity contribution in [1.82, 2.24) is 14.6 Å². The van der Waals surface area contributed by atoms with Crippen LogP contribution in [-0.2, 0) is 0 Å². The van der Waals surface area contributed by atoms with Gasteiger partial charge in [-0.15, -0.1) is 0 Å². The fraction of sp³-hybridized carbons (Fsp3) is 0.280. The third kappa shape index (κ3) is 4.24. The van der Waals surface area contributed by atoms with E-state index in [0.717, 1.165) is 22.6 Å². The molecule has 0 atom stereocenters. The Hall–Kier alpha value is -3.94. The third-order valence-corrected chi connectivity index (χ3v) is 5.49. The van der Waals surface area contributed by atoms with E-state index in [4.69, 9.17) is 23.9 Å². The number of nitrogens with zero attached hydrogens (tertiary/aromatic N) is 3. The normalized spacial score (nSPS) is 11.0. The van der Waals surface area contributed by atoms with E-state index in [-0.39, 0.29) is 1.43 Å². The maximum atomic E-state index is 5.63. The molecule has 8 heteroatoms. The Kier molecular flexibility index (Phi) is 6.26. The lowest BCUT2D eigenvalue weighted by Gasteiger charge is -2.15. The molecular weight excluding hydrogens is 420 g/mol. The first kappa shape index (κ1) is 22.3. The lowest BCUT2D eigenvalue weighted by atomic mass is 9.97. The Morgan fingerprint density at radius 1 is 0.848 bits per heavy atom. The second-order valence-corrected chi connectivity index (χ2v) is 7.79. The van der Waals surface area contributed by atoms with E-state index in [9.17, 15) is 0 Å². The summed E-state index contributed by atoms with van der Waals surface area (Å²) in [6.07, 6.45) is 3.68. The van der Waals surface area contributed by atoms with Crippen LogP contribution in [0.25, 0.3) is 16.8 Å². The zero-order valence-electron chi connectivity index (χ0n) is 19.7. The van der Waals surface area contributed by atoms with Gasteiger partial charge in [0, 0.05) is 31.0 Å². The van der Waals surface area contributed by atoms with Crippen LogP contribution < -0.4 is 24.3 Å². The van der Waals surface area contributed by atoms with E-state index in [1.54, 1.807) is 33.0 Å². The summed E-state index contributed by atoms with van der Waals surface area (Å²) < 4.78 is 23.7. The number of hydrogen-bond acceptors (Lipinski definition) is 7. The lowest BCUT2D eigenvalue weighted by molar-refractivity contribution is 0.324. The van der Waals surface area contributed by atoms with Crippen molar-refractivity contribution in [2.75, 3.05) is 33.8 Å². The summed E-state index contributed by atoms with van der Waals surface area (Å²) in [6.45, 7) is 4.33. The van der Waals surface area contributed by atoms with Crippen molar-refractivity contribution in [1.29, 1.82) is 0 Å². The quantitative estimate of drug-likeness (QED) is 0.377. The molecule has 2 aromatic heterocycles. The van der Waals surface area contributed by atoms with Gasteiger partial charge in [0.1, 0.15) is 11.6 Å². The van der Waals surface area contributed by atoms with Crippen LogP contribution in [0.5, 0.6) is 23.0 Å². The second kappa shape index (κ2) is 9.28. The molecule has 1 N–H and O–H groups in total. The minimum atomic E-state index is 0. The predicted molar refractivity (Wildman–Crippen MR) is 131 cm³/mol. The summed E-state index contributed by atoms with van der Waals surface area (Å²) in [5, 5.41) is 7.81. The number of rotatable bonds is 8. The van der Waals surface area contributed by atoms with Gasteiger partial charge in [0.25, 0.3) is 0 Å². The fourth-order valence-electron chi connectivity index (χ4n) is 3.72. The summed E-state index contributed by atoms with van der Waals surface area (Å²) in [5.41, 5.74) is 4.53. The maximum absolute atomic E-state index is 5.63. The number of ether oxygens (including phenoxy) is 4. The van der Waals surface area contributed by atoms with E-state index >= 15 is 0 Å². The standard InChI is InChI=1S/C25H28N4O4.H2/c1-15(2)16-7-8-20(30-3)18(11-16)19-14-26-29-10-9-23(28-25(19)29)27-17-12-21(31-4)24(33-6)22(13-17)32-5;/h7-15H,1-6H3,(H,27,28);1H. The molecule has 0 saturated heterocycles. The van der Waals surface area contributed by atoms with Crippen molar-refractivity contribution >= 4 is 17.2 Å². The summed E-state index contributed by atoms with van der Waals surface area (Å²) in [5.74, 6) is 3.46. The molecule has 2 aromatic carbocycles. The van der Waals surface area contributed by atoms with Crippen LogP contribution in [0.1, 0.15) is 26.8 Å². The minimum Gasteiger partial charge on any atom is -0.496 e. The first-order valence-electron chi connectivity index (χ1n) is 10.6. The van der Waals surface area contributed by atoms with Gasteiger partial charge in [-0.25, -0.2) is 9.50 Å². The number of hydrogen-bond donors (Lipinski definition) is 1. The second-order valence-electron chi connectivity index (χ2n) is 7.79. The summed E-state index contributed by atoms with van der Waals surface area (Å²) >= 11 is 0. The van der Waals surface area contributed by atoms with Crippen molar-refractivity contribution in [3.63, 3.8) is 0 Å². The van der Waals surface area contributed by atoms with Crippen LogP contribution in [0.15, 0.2) is 48.8 Å². The molecule has 0 amide bonds. The lowest BCUT2D eigenvalue weighted by Crippen LogP contribution is -2.00. The Balaban J connectivity index is 0.00000324. The van der Waals surface area contributed by atoms with E-state index < -0.39 is 0 Å². The fourth-order valence-corrected chi connectivity index (χ4v) is 3.72. The predicted octanol–water partition coefficient (Wildman–Crippen LogP) is 5.54. The maximum Gasteiger partial charge on any atom is 0.203 e. The van der Waals surface area contributed by atoms with Gasteiger partial charge in [0.15, 0.2) is 17.1 Å². The van der Waals surface area contributed by atoms with Gasteiger partial charge in [-0.05, 0) is 29.7 Å². The number of anilines is 2. The molecule has 0 aliphatic heterocycles. The zero-order chi connectivity index (χ0) is 23.5. The molecule has 8 nitrogen and oxygen atoms in total. The Labute approximate surface area is 194 Å². The molecule has 174 valence electrons. The molecule has 0 fully saturated rings. The number of aromatic nitrogens is 3. The van der Waals surface area contributed by atoms with E-state index in [0.29, 0.717) is 34.6 Å².